The molecule has 2 amide bonds. The molecule has 0 spiro atoms. The van der Waals surface area contributed by atoms with E-state index in [-0.39, 0.29) is 43.2 Å². The van der Waals surface area contributed by atoms with Crippen molar-refractivity contribution in [3.63, 3.8) is 0 Å². The van der Waals surface area contributed by atoms with Gasteiger partial charge in [-0.25, -0.2) is 4.39 Å². The molecule has 0 fully saturated rings. The predicted octanol–water partition coefficient (Wildman–Crippen LogP) is 6.09. The van der Waals surface area contributed by atoms with E-state index in [4.69, 9.17) is 4.42 Å². The molecule has 0 unspecified atom stereocenters. The predicted molar refractivity (Wildman–Crippen MR) is 135 cm³/mol. The van der Waals surface area contributed by atoms with Gasteiger partial charge in [0, 0.05) is 18.7 Å². The van der Waals surface area contributed by atoms with Crippen molar-refractivity contribution in [3.05, 3.63) is 95.2 Å². The van der Waals surface area contributed by atoms with E-state index in [0.29, 0.717) is 17.9 Å². The van der Waals surface area contributed by atoms with Crippen molar-refractivity contribution in [2.75, 3.05) is 13.1 Å². The number of furan rings is 1. The molecule has 3 rings (SSSR count). The van der Waals surface area contributed by atoms with Gasteiger partial charge >= 0.3 is 0 Å². The summed E-state index contributed by atoms with van der Waals surface area (Å²) in [6, 6.07) is 17.4. The number of aryl methyl sites for hydroxylation is 1. The van der Waals surface area contributed by atoms with Crippen LogP contribution in [0.1, 0.15) is 60.9 Å². The third kappa shape index (κ3) is 8.09. The maximum Gasteiger partial charge on any atom is 0.254 e. The molecule has 0 atom stereocenters. The zero-order valence-electron chi connectivity index (χ0n) is 20.9. The van der Waals surface area contributed by atoms with E-state index in [1.54, 1.807) is 34.3 Å². The Labute approximate surface area is 207 Å². The van der Waals surface area contributed by atoms with Crippen LogP contribution in [0.5, 0.6) is 0 Å². The molecule has 0 aliphatic rings. The molecule has 2 aromatic carbocycles. The average molecular weight is 479 g/mol. The lowest BCUT2D eigenvalue weighted by Crippen LogP contribution is -2.43. The minimum atomic E-state index is -0.327. The molecule has 0 N–H and O–H groups in total. The molecular formula is C29H35FN2O3. The number of hydrogen-bond acceptors (Lipinski definition) is 3. The zero-order chi connectivity index (χ0) is 25.2. The van der Waals surface area contributed by atoms with E-state index >= 15 is 0 Å². The molecule has 35 heavy (non-hydrogen) atoms. The summed E-state index contributed by atoms with van der Waals surface area (Å²) in [6.07, 6.45) is 4.79. The van der Waals surface area contributed by atoms with E-state index in [1.165, 1.54) is 17.7 Å². The molecule has 0 aliphatic carbocycles. The van der Waals surface area contributed by atoms with E-state index in [2.05, 4.69) is 6.92 Å². The van der Waals surface area contributed by atoms with E-state index in [0.717, 1.165) is 24.8 Å². The topological polar surface area (TPSA) is 53.8 Å². The van der Waals surface area contributed by atoms with Crippen molar-refractivity contribution in [1.82, 2.24) is 9.80 Å². The molecular weight excluding hydrogens is 443 g/mol. The van der Waals surface area contributed by atoms with Crippen LogP contribution in [0.2, 0.25) is 0 Å². The van der Waals surface area contributed by atoms with Crippen molar-refractivity contribution in [2.45, 2.75) is 53.1 Å². The molecule has 1 heterocycles. The number of hydrogen-bond donors (Lipinski definition) is 0. The highest BCUT2D eigenvalue weighted by atomic mass is 19.1. The van der Waals surface area contributed by atoms with Gasteiger partial charge in [-0.2, -0.15) is 0 Å². The summed E-state index contributed by atoms with van der Waals surface area (Å²) in [5.74, 6) is 0.163. The molecule has 0 saturated heterocycles. The fraction of sp³-hybridized carbons (Fsp3) is 0.379. The van der Waals surface area contributed by atoms with Crippen LogP contribution in [0.4, 0.5) is 4.39 Å². The van der Waals surface area contributed by atoms with Crippen molar-refractivity contribution in [1.29, 1.82) is 0 Å². The van der Waals surface area contributed by atoms with Crippen LogP contribution in [0, 0.1) is 11.7 Å². The van der Waals surface area contributed by atoms with Gasteiger partial charge in [0.15, 0.2) is 0 Å². The maximum atomic E-state index is 13.5. The highest BCUT2D eigenvalue weighted by Crippen LogP contribution is 2.15. The summed E-state index contributed by atoms with van der Waals surface area (Å²) in [4.78, 5) is 30.1. The number of nitrogens with zero attached hydrogens (tertiary/aromatic N) is 2. The summed E-state index contributed by atoms with van der Waals surface area (Å²) in [5, 5.41) is 0. The Morgan fingerprint density at radius 2 is 1.60 bits per heavy atom. The second-order valence-corrected chi connectivity index (χ2v) is 9.34. The Morgan fingerprint density at radius 3 is 2.20 bits per heavy atom. The van der Waals surface area contributed by atoms with Crippen molar-refractivity contribution >= 4 is 11.8 Å². The summed E-state index contributed by atoms with van der Waals surface area (Å²) < 4.78 is 18.8. The number of unbranched alkanes of at least 4 members (excludes halogenated alkanes) is 1. The molecule has 0 saturated carbocycles. The largest absolute Gasteiger partial charge is 0.467 e. The van der Waals surface area contributed by atoms with Gasteiger partial charge in [0.1, 0.15) is 18.1 Å². The molecule has 5 nitrogen and oxygen atoms in total. The number of halogens is 1. The first-order chi connectivity index (χ1) is 16.9. The fourth-order valence-corrected chi connectivity index (χ4v) is 3.93. The molecule has 186 valence electrons. The standard InChI is InChI=1S/C29H35FN2O3/c1-4-5-7-23-9-13-25(14-10-23)29(34)32(18-22(2)3)21-28(33)31(20-27-8-6-17-35-27)19-24-11-15-26(30)16-12-24/h6,8-17,22H,4-5,7,18-21H2,1-3H3. The highest BCUT2D eigenvalue weighted by molar-refractivity contribution is 5.96. The minimum Gasteiger partial charge on any atom is -0.467 e. The second kappa shape index (κ2) is 12.9. The molecule has 1 aromatic heterocycles. The third-order valence-corrected chi connectivity index (χ3v) is 5.78. The Morgan fingerprint density at radius 1 is 0.914 bits per heavy atom. The lowest BCUT2D eigenvalue weighted by molar-refractivity contribution is -0.133. The van der Waals surface area contributed by atoms with Crippen LogP contribution >= 0.6 is 0 Å². The first-order valence-electron chi connectivity index (χ1n) is 12.3. The van der Waals surface area contributed by atoms with Crippen molar-refractivity contribution < 1.29 is 18.4 Å². The maximum absolute atomic E-state index is 13.5. The smallest absolute Gasteiger partial charge is 0.254 e. The van der Waals surface area contributed by atoms with Gasteiger partial charge in [-0.15, -0.1) is 0 Å². The summed E-state index contributed by atoms with van der Waals surface area (Å²) >= 11 is 0. The quantitative estimate of drug-likeness (QED) is 0.317. The minimum absolute atomic E-state index is 0.0451. The number of rotatable bonds is 12. The fourth-order valence-electron chi connectivity index (χ4n) is 3.93. The highest BCUT2D eigenvalue weighted by Gasteiger charge is 2.24. The first kappa shape index (κ1) is 26.2. The number of amides is 2. The normalized spacial score (nSPS) is 11.0. The van der Waals surface area contributed by atoms with Crippen LogP contribution in [0.3, 0.4) is 0 Å². The van der Waals surface area contributed by atoms with E-state index in [9.17, 15) is 14.0 Å². The van der Waals surface area contributed by atoms with Crippen LogP contribution < -0.4 is 0 Å². The van der Waals surface area contributed by atoms with Gasteiger partial charge in [-0.1, -0.05) is 51.5 Å². The second-order valence-electron chi connectivity index (χ2n) is 9.34. The Balaban J connectivity index is 1.77. The summed E-state index contributed by atoms with van der Waals surface area (Å²) in [7, 11) is 0. The van der Waals surface area contributed by atoms with Gasteiger partial charge in [-0.05, 0) is 66.3 Å². The molecule has 6 heteroatoms. The van der Waals surface area contributed by atoms with E-state index in [1.807, 2.05) is 44.2 Å². The lowest BCUT2D eigenvalue weighted by Gasteiger charge is -2.28. The van der Waals surface area contributed by atoms with Gasteiger partial charge < -0.3 is 14.2 Å². The number of carbonyl (C=O) groups excluding carboxylic acids is 2. The SMILES string of the molecule is CCCCc1ccc(C(=O)N(CC(=O)N(Cc2ccc(F)cc2)Cc2ccco2)CC(C)C)cc1. The average Bonchev–Trinajstić information content (AvgIpc) is 3.36. The molecule has 3 aromatic rings. The van der Waals surface area contributed by atoms with Gasteiger partial charge in [0.05, 0.1) is 12.8 Å². The monoisotopic (exact) mass is 478 g/mol. The van der Waals surface area contributed by atoms with Crippen LogP contribution in [0.15, 0.2) is 71.3 Å². The Kier molecular flexibility index (Phi) is 9.65. The van der Waals surface area contributed by atoms with Crippen LogP contribution in [-0.2, 0) is 24.3 Å². The van der Waals surface area contributed by atoms with E-state index < -0.39 is 0 Å². The summed E-state index contributed by atoms with van der Waals surface area (Å²) in [6.45, 7) is 7.18. The van der Waals surface area contributed by atoms with Crippen LogP contribution in [0.25, 0.3) is 0 Å². The number of benzene rings is 2. The lowest BCUT2D eigenvalue weighted by atomic mass is 10.1. The van der Waals surface area contributed by atoms with Gasteiger partial charge in [-0.3, -0.25) is 9.59 Å². The van der Waals surface area contributed by atoms with Crippen molar-refractivity contribution in [2.24, 2.45) is 5.92 Å². The zero-order valence-corrected chi connectivity index (χ0v) is 20.9. The molecule has 0 aliphatic heterocycles. The molecule has 0 bridgehead atoms. The Bertz CT molecular complexity index is 1060. The summed E-state index contributed by atoms with van der Waals surface area (Å²) in [5.41, 5.74) is 2.59. The molecule has 0 radical (unpaired) electrons. The van der Waals surface area contributed by atoms with Crippen molar-refractivity contribution in [3.8, 4) is 0 Å². The Hall–Kier alpha value is -3.41. The third-order valence-electron chi connectivity index (χ3n) is 5.78. The first-order valence-corrected chi connectivity index (χ1v) is 12.3. The van der Waals surface area contributed by atoms with Gasteiger partial charge in [0.25, 0.3) is 5.91 Å². The van der Waals surface area contributed by atoms with Crippen LogP contribution in [-0.4, -0.2) is 34.7 Å². The number of carbonyl (C=O) groups is 2. The van der Waals surface area contributed by atoms with Gasteiger partial charge in [0.2, 0.25) is 5.91 Å².